The molecule has 2 aromatic carbocycles. The number of nitrogens with one attached hydrogen (secondary N) is 2. The van der Waals surface area contributed by atoms with Crippen LogP contribution in [0.25, 0.3) is 16.8 Å². The summed E-state index contributed by atoms with van der Waals surface area (Å²) in [5.41, 5.74) is 5.36. The minimum atomic E-state index is -0.257. The molecule has 1 aliphatic heterocycles. The van der Waals surface area contributed by atoms with Gasteiger partial charge in [-0.05, 0) is 42.5 Å². The van der Waals surface area contributed by atoms with E-state index in [0.717, 1.165) is 55.2 Å². The Balaban J connectivity index is 1.27. The van der Waals surface area contributed by atoms with Gasteiger partial charge in [0, 0.05) is 55.3 Å². The summed E-state index contributed by atoms with van der Waals surface area (Å²) in [5.74, 6) is 0.455. The average molecular weight is 484 g/mol. The second-order valence-corrected chi connectivity index (χ2v) is 8.66. The summed E-state index contributed by atoms with van der Waals surface area (Å²) in [6.45, 7) is 8.28. The Morgan fingerprint density at radius 1 is 1.06 bits per heavy atom. The monoisotopic (exact) mass is 483 g/mol. The molecule has 0 atom stereocenters. The Morgan fingerprint density at radius 3 is 2.61 bits per heavy atom. The van der Waals surface area contributed by atoms with Gasteiger partial charge in [0.1, 0.15) is 12.1 Å². The highest BCUT2D eigenvalue weighted by molar-refractivity contribution is 5.99. The number of rotatable bonds is 8. The molecule has 0 unspecified atom stereocenters. The SMILES string of the molecule is C=CC(=O)Nc1cccc(-c2ncn3cc(Nc4ccc(N5CCN(CCO)CC5)cc4)ncc23)c1. The van der Waals surface area contributed by atoms with Gasteiger partial charge in [0.25, 0.3) is 0 Å². The molecule has 0 spiro atoms. The Bertz CT molecular complexity index is 1360. The molecule has 36 heavy (non-hydrogen) atoms. The molecule has 0 saturated carbocycles. The lowest BCUT2D eigenvalue weighted by molar-refractivity contribution is -0.111. The van der Waals surface area contributed by atoms with Crippen LogP contribution in [0.2, 0.25) is 0 Å². The molecule has 0 aliphatic carbocycles. The maximum atomic E-state index is 11.6. The molecule has 1 amide bonds. The predicted molar refractivity (Wildman–Crippen MR) is 143 cm³/mol. The first-order valence-electron chi connectivity index (χ1n) is 11.9. The van der Waals surface area contributed by atoms with E-state index >= 15 is 0 Å². The van der Waals surface area contributed by atoms with Crippen molar-refractivity contribution in [2.24, 2.45) is 0 Å². The molecule has 3 heterocycles. The predicted octanol–water partition coefficient (Wildman–Crippen LogP) is 3.38. The molecule has 184 valence electrons. The van der Waals surface area contributed by atoms with Gasteiger partial charge in [-0.15, -0.1) is 0 Å². The maximum Gasteiger partial charge on any atom is 0.247 e. The van der Waals surface area contributed by atoms with Crippen LogP contribution in [0.4, 0.5) is 22.9 Å². The van der Waals surface area contributed by atoms with E-state index in [-0.39, 0.29) is 12.5 Å². The van der Waals surface area contributed by atoms with Crippen LogP contribution < -0.4 is 15.5 Å². The van der Waals surface area contributed by atoms with E-state index in [9.17, 15) is 4.79 Å². The fraction of sp³-hybridized carbons (Fsp3) is 0.222. The first-order chi connectivity index (χ1) is 17.6. The quantitative estimate of drug-likeness (QED) is 0.331. The maximum absolute atomic E-state index is 11.6. The molecular weight excluding hydrogens is 454 g/mol. The van der Waals surface area contributed by atoms with Crippen molar-refractivity contribution in [3.05, 3.63) is 79.9 Å². The number of hydrogen-bond donors (Lipinski definition) is 3. The molecule has 2 aromatic heterocycles. The number of anilines is 4. The second-order valence-electron chi connectivity index (χ2n) is 8.66. The van der Waals surface area contributed by atoms with Crippen molar-refractivity contribution in [2.75, 3.05) is 54.9 Å². The van der Waals surface area contributed by atoms with Gasteiger partial charge in [0.05, 0.1) is 30.2 Å². The van der Waals surface area contributed by atoms with Crippen molar-refractivity contribution in [1.29, 1.82) is 0 Å². The van der Waals surface area contributed by atoms with Gasteiger partial charge in [0.2, 0.25) is 5.91 Å². The summed E-state index contributed by atoms with van der Waals surface area (Å²) < 4.78 is 1.93. The Hall–Kier alpha value is -4.21. The molecular formula is C27H29N7O2. The third kappa shape index (κ3) is 5.22. The van der Waals surface area contributed by atoms with Crippen LogP contribution in [0.3, 0.4) is 0 Å². The molecule has 1 saturated heterocycles. The number of fused-ring (bicyclic) bond motifs is 1. The van der Waals surface area contributed by atoms with Crippen molar-refractivity contribution in [2.45, 2.75) is 0 Å². The van der Waals surface area contributed by atoms with Crippen LogP contribution in [0.1, 0.15) is 0 Å². The zero-order chi connectivity index (χ0) is 24.9. The third-order valence-corrected chi connectivity index (χ3v) is 6.30. The zero-order valence-corrected chi connectivity index (χ0v) is 20.0. The number of carbonyl (C=O) groups excluding carboxylic acids is 1. The number of aliphatic hydroxyl groups excluding tert-OH is 1. The van der Waals surface area contributed by atoms with E-state index in [1.165, 1.54) is 11.8 Å². The number of aromatic nitrogens is 3. The smallest absolute Gasteiger partial charge is 0.247 e. The molecule has 9 heteroatoms. The lowest BCUT2D eigenvalue weighted by Gasteiger charge is -2.35. The normalized spacial score (nSPS) is 14.1. The van der Waals surface area contributed by atoms with Crippen molar-refractivity contribution >= 4 is 34.3 Å². The second kappa shape index (κ2) is 10.6. The number of imidazole rings is 1. The van der Waals surface area contributed by atoms with Crippen LogP contribution in [-0.2, 0) is 4.79 Å². The van der Waals surface area contributed by atoms with Gasteiger partial charge in [-0.3, -0.25) is 9.69 Å². The third-order valence-electron chi connectivity index (χ3n) is 6.30. The van der Waals surface area contributed by atoms with Crippen LogP contribution in [0, 0.1) is 0 Å². The average Bonchev–Trinajstić information content (AvgIpc) is 3.33. The number of benzene rings is 2. The lowest BCUT2D eigenvalue weighted by Crippen LogP contribution is -2.47. The molecule has 0 radical (unpaired) electrons. The molecule has 1 fully saturated rings. The van der Waals surface area contributed by atoms with Crippen LogP contribution in [-0.4, -0.2) is 69.6 Å². The van der Waals surface area contributed by atoms with Gasteiger partial charge < -0.3 is 25.0 Å². The van der Waals surface area contributed by atoms with Crippen molar-refractivity contribution in [3.63, 3.8) is 0 Å². The number of nitrogens with zero attached hydrogens (tertiary/aromatic N) is 5. The summed E-state index contributed by atoms with van der Waals surface area (Å²) in [6.07, 6.45) is 6.70. The summed E-state index contributed by atoms with van der Waals surface area (Å²) in [6, 6.07) is 15.9. The van der Waals surface area contributed by atoms with Crippen molar-refractivity contribution in [1.82, 2.24) is 19.3 Å². The van der Waals surface area contributed by atoms with Gasteiger partial charge in [-0.1, -0.05) is 18.7 Å². The molecule has 4 aromatic rings. The number of aliphatic hydroxyl groups is 1. The minimum absolute atomic E-state index is 0.212. The Morgan fingerprint density at radius 2 is 1.86 bits per heavy atom. The Labute approximate surface area is 209 Å². The number of piperazine rings is 1. The van der Waals surface area contributed by atoms with Gasteiger partial charge >= 0.3 is 0 Å². The van der Waals surface area contributed by atoms with Crippen molar-refractivity contribution in [3.8, 4) is 11.3 Å². The van der Waals surface area contributed by atoms with E-state index in [1.54, 1.807) is 12.5 Å². The van der Waals surface area contributed by atoms with Gasteiger partial charge in [-0.25, -0.2) is 9.97 Å². The minimum Gasteiger partial charge on any atom is -0.395 e. The van der Waals surface area contributed by atoms with Gasteiger partial charge in [-0.2, -0.15) is 0 Å². The molecule has 1 aliphatic rings. The number of hydrogen-bond acceptors (Lipinski definition) is 7. The van der Waals surface area contributed by atoms with Crippen molar-refractivity contribution < 1.29 is 9.90 Å². The summed E-state index contributed by atoms with van der Waals surface area (Å²) in [7, 11) is 0. The molecule has 0 bridgehead atoms. The van der Waals surface area contributed by atoms with Crippen LogP contribution in [0.15, 0.2) is 79.9 Å². The van der Waals surface area contributed by atoms with E-state index < -0.39 is 0 Å². The zero-order valence-electron chi connectivity index (χ0n) is 20.0. The standard InChI is InChI=1S/C27H29N7O2/c1-2-26(36)31-22-5-3-4-20(16-22)27-24-17-28-25(18-34(24)19-29-27)30-21-6-8-23(9-7-21)33-12-10-32(11-13-33)14-15-35/h2-9,16-19,30,35H,1,10-15H2,(H,31,36). The highest BCUT2D eigenvalue weighted by Crippen LogP contribution is 2.27. The number of carbonyl (C=O) groups is 1. The topological polar surface area (TPSA) is 98.0 Å². The van der Waals surface area contributed by atoms with Crippen LogP contribution in [0.5, 0.6) is 0 Å². The largest absolute Gasteiger partial charge is 0.395 e. The van der Waals surface area contributed by atoms with Gasteiger partial charge in [0.15, 0.2) is 0 Å². The van der Waals surface area contributed by atoms with E-state index in [1.807, 2.05) is 34.9 Å². The lowest BCUT2D eigenvalue weighted by atomic mass is 10.1. The highest BCUT2D eigenvalue weighted by atomic mass is 16.3. The van der Waals surface area contributed by atoms with E-state index in [4.69, 9.17) is 5.11 Å². The van der Waals surface area contributed by atoms with E-state index in [2.05, 4.69) is 61.2 Å². The summed E-state index contributed by atoms with van der Waals surface area (Å²) >= 11 is 0. The fourth-order valence-corrected chi connectivity index (χ4v) is 4.40. The summed E-state index contributed by atoms with van der Waals surface area (Å²) in [5, 5.41) is 15.3. The first kappa shape index (κ1) is 23.5. The highest BCUT2D eigenvalue weighted by Gasteiger charge is 2.16. The fourth-order valence-electron chi connectivity index (χ4n) is 4.40. The Kier molecular flexibility index (Phi) is 6.92. The van der Waals surface area contributed by atoms with Crippen LogP contribution >= 0.6 is 0 Å². The molecule has 9 nitrogen and oxygen atoms in total. The first-order valence-corrected chi connectivity index (χ1v) is 11.9. The van der Waals surface area contributed by atoms with E-state index in [0.29, 0.717) is 11.5 Å². The number of amides is 1. The molecule has 3 N–H and O–H groups in total. The summed E-state index contributed by atoms with van der Waals surface area (Å²) in [4.78, 5) is 25.5. The molecule has 5 rings (SSSR count). The number of β-amino-alcohol motifs (C(OH)–C–C–N with tert-alkyl or cyclic N) is 1.